The van der Waals surface area contributed by atoms with E-state index in [1.165, 1.54) is 51.4 Å². The van der Waals surface area contributed by atoms with Crippen LogP contribution in [0.1, 0.15) is 92.9 Å². The average Bonchev–Trinajstić information content (AvgIpc) is 2.47. The molecule has 0 fully saturated rings. The minimum Gasteiger partial charge on any atom is -0.325 e. The fraction of sp³-hybridized carbons (Fsp3) is 1.00. The molecule has 2 atom stereocenters. The molecule has 2 unspecified atom stereocenters. The molecule has 0 aromatic rings. The van der Waals surface area contributed by atoms with E-state index in [-0.39, 0.29) is 24.4 Å². The Morgan fingerprint density at radius 1 is 0.630 bits per heavy atom. The molecule has 0 heterocycles. The van der Waals surface area contributed by atoms with Gasteiger partial charge in [0.25, 0.3) is 0 Å². The molecule has 0 saturated heterocycles. The van der Waals surface area contributed by atoms with Gasteiger partial charge in [-0.25, -0.2) is 0 Å². The maximum Gasteiger partial charge on any atom is 0.319 e. The zero-order valence-corrected chi connectivity index (χ0v) is 23.6. The molecule has 0 aliphatic carbocycles. The van der Waals surface area contributed by atoms with Gasteiger partial charge in [-0.15, -0.1) is 0 Å². The Labute approximate surface area is 194 Å². The van der Waals surface area contributed by atoms with Crippen molar-refractivity contribution in [2.45, 2.75) is 92.9 Å². The summed E-state index contributed by atoms with van der Waals surface area (Å²) in [5, 5.41) is 0. The van der Waals surface area contributed by atoms with Gasteiger partial charge in [0, 0.05) is 24.4 Å². The van der Waals surface area contributed by atoms with Crippen LogP contribution in [0.2, 0.25) is 0 Å². The Morgan fingerprint density at radius 2 is 0.815 bits per heavy atom. The maximum atomic E-state index is 7.56. The van der Waals surface area contributed by atoms with Gasteiger partial charge in [0.15, 0.2) is 0 Å². The van der Waals surface area contributed by atoms with Crippen molar-refractivity contribution in [1.82, 2.24) is 0 Å². The second-order valence-electron chi connectivity index (χ2n) is 6.34. The predicted octanol–water partition coefficient (Wildman–Crippen LogP) is 4.44. The Kier molecular flexibility index (Phi) is 37.8. The smallest absolute Gasteiger partial charge is 0.319 e. The van der Waals surface area contributed by atoms with Crippen LogP contribution in [0.5, 0.6) is 0 Å². The number of hydrogen-bond acceptors (Lipinski definition) is 2. The van der Waals surface area contributed by atoms with Gasteiger partial charge in [0.2, 0.25) is 0 Å². The molecule has 0 spiro atoms. The van der Waals surface area contributed by atoms with Crippen LogP contribution in [0.15, 0.2) is 0 Å². The molecule has 0 aliphatic heterocycles. The van der Waals surface area contributed by atoms with E-state index >= 15 is 0 Å². The summed E-state index contributed by atoms with van der Waals surface area (Å²) in [5.41, 5.74) is 0. The van der Waals surface area contributed by atoms with E-state index in [1.54, 1.807) is 0 Å². The van der Waals surface area contributed by atoms with Crippen LogP contribution in [-0.4, -0.2) is 53.8 Å². The van der Waals surface area contributed by atoms with Crippen molar-refractivity contribution >= 4 is 61.5 Å². The Balaban J connectivity index is -0.0000000807. The molecule has 11 heteroatoms. The number of unbranched alkanes of at least 4 members (excludes halogenated alkanes) is 2. The molecular formula is C16H42O6P2S2Sb. The van der Waals surface area contributed by atoms with Gasteiger partial charge < -0.3 is 29.4 Å². The topological polar surface area (TPSA) is 121 Å². The molecular weight excluding hydrogens is 536 g/mol. The normalized spacial score (nSPS) is 12.6. The first-order valence-electron chi connectivity index (χ1n) is 9.18. The molecule has 6 nitrogen and oxygen atoms in total. The fourth-order valence-electron chi connectivity index (χ4n) is 1.51. The van der Waals surface area contributed by atoms with E-state index in [2.05, 4.69) is 65.2 Å². The van der Waals surface area contributed by atoms with Crippen molar-refractivity contribution in [2.75, 3.05) is 0 Å². The van der Waals surface area contributed by atoms with Crippen LogP contribution >= 0.6 is 13.4 Å². The third kappa shape index (κ3) is 96.9. The molecule has 0 bridgehead atoms. The molecule has 0 saturated carbocycles. The second kappa shape index (κ2) is 25.9. The molecule has 6 N–H and O–H groups in total. The zero-order chi connectivity index (χ0) is 21.8. The Bertz CT molecular complexity index is 316. The van der Waals surface area contributed by atoms with E-state index in [0.717, 1.165) is 11.8 Å². The van der Waals surface area contributed by atoms with Crippen molar-refractivity contribution in [2.24, 2.45) is 11.8 Å². The minimum absolute atomic E-state index is 0. The Morgan fingerprint density at radius 3 is 0.926 bits per heavy atom. The van der Waals surface area contributed by atoms with E-state index in [0.29, 0.717) is 0 Å². The summed E-state index contributed by atoms with van der Waals surface area (Å²) in [7, 11) is 0. The van der Waals surface area contributed by atoms with Crippen molar-refractivity contribution in [3.63, 3.8) is 0 Å². The Hall–Kier alpha value is 1.88. The van der Waals surface area contributed by atoms with E-state index in [9.17, 15) is 0 Å². The van der Waals surface area contributed by atoms with Crippen LogP contribution < -0.4 is 0 Å². The first-order valence-corrected chi connectivity index (χ1v) is 14.5. The molecule has 0 aromatic heterocycles. The van der Waals surface area contributed by atoms with E-state index in [4.69, 9.17) is 29.4 Å². The van der Waals surface area contributed by atoms with E-state index < -0.39 is 13.4 Å². The summed E-state index contributed by atoms with van der Waals surface area (Å²) in [5.74, 6) is 1.91. The summed E-state index contributed by atoms with van der Waals surface area (Å²) in [6, 6.07) is 0. The molecule has 0 aromatic carbocycles. The van der Waals surface area contributed by atoms with Gasteiger partial charge in [0.1, 0.15) is 0 Å². The van der Waals surface area contributed by atoms with Crippen LogP contribution in [0.25, 0.3) is 0 Å². The summed E-state index contributed by atoms with van der Waals surface area (Å²) < 4.78 is 0. The van der Waals surface area contributed by atoms with Crippen LogP contribution in [0, 0.1) is 11.8 Å². The SMILES string of the molecule is CCCCC(C)CC.CCCCC(C)CC.OP(O)(O)=S.OP(O)(O)=S.[Sb]. The monoisotopic (exact) mass is 577 g/mol. The molecule has 3 radical (unpaired) electrons. The quantitative estimate of drug-likeness (QED) is 0.185. The van der Waals surface area contributed by atoms with E-state index in [1.807, 2.05) is 0 Å². The van der Waals surface area contributed by atoms with Crippen molar-refractivity contribution in [3.8, 4) is 0 Å². The molecule has 169 valence electrons. The van der Waals surface area contributed by atoms with Crippen LogP contribution in [-0.2, 0) is 23.6 Å². The van der Waals surface area contributed by atoms with Crippen LogP contribution in [0.4, 0.5) is 0 Å². The fourth-order valence-corrected chi connectivity index (χ4v) is 1.51. The molecule has 0 aliphatic rings. The number of hydrogen-bond donors (Lipinski definition) is 6. The third-order valence-corrected chi connectivity index (χ3v) is 3.49. The first kappa shape index (κ1) is 39.4. The second-order valence-corrected chi connectivity index (χ2v) is 11.3. The van der Waals surface area contributed by atoms with Crippen molar-refractivity contribution < 1.29 is 29.4 Å². The van der Waals surface area contributed by atoms with Crippen molar-refractivity contribution in [1.29, 1.82) is 0 Å². The van der Waals surface area contributed by atoms with Crippen molar-refractivity contribution in [3.05, 3.63) is 0 Å². The summed E-state index contributed by atoms with van der Waals surface area (Å²) in [6.45, 7) is 6.08. The molecule has 0 amide bonds. The standard InChI is InChI=1S/2C8H18.2H3O3PS.Sb/c2*1-4-6-7-8(3)5-2;2*1-4(2,3)5;/h2*8H,4-7H2,1-3H3;2*(H3,1,2,3,5);. The maximum absolute atomic E-state index is 7.56. The van der Waals surface area contributed by atoms with Gasteiger partial charge in [0.05, 0.1) is 0 Å². The third-order valence-electron chi connectivity index (χ3n) is 3.49. The number of rotatable bonds is 8. The van der Waals surface area contributed by atoms with Gasteiger partial charge in [-0.3, -0.25) is 0 Å². The summed E-state index contributed by atoms with van der Waals surface area (Å²) in [4.78, 5) is 45.3. The summed E-state index contributed by atoms with van der Waals surface area (Å²) >= 11 is 7.21. The average molecular weight is 578 g/mol. The van der Waals surface area contributed by atoms with Gasteiger partial charge in [-0.05, 0) is 35.4 Å². The largest absolute Gasteiger partial charge is 0.325 e. The summed E-state index contributed by atoms with van der Waals surface area (Å²) in [6.07, 6.45) is 11.1. The van der Waals surface area contributed by atoms with Gasteiger partial charge >= 0.3 is 13.4 Å². The molecule has 27 heavy (non-hydrogen) atoms. The predicted molar refractivity (Wildman–Crippen MR) is 126 cm³/mol. The minimum atomic E-state index is -3.81. The van der Waals surface area contributed by atoms with Gasteiger partial charge in [-0.1, -0.05) is 92.9 Å². The van der Waals surface area contributed by atoms with Gasteiger partial charge in [-0.2, -0.15) is 0 Å². The molecule has 0 rings (SSSR count). The first-order chi connectivity index (χ1) is 11.6. The van der Waals surface area contributed by atoms with Crippen LogP contribution in [0.3, 0.4) is 0 Å². The zero-order valence-electron chi connectivity index (χ0n) is 17.7.